The van der Waals surface area contributed by atoms with Gasteiger partial charge in [0.1, 0.15) is 5.75 Å². The molecule has 1 atom stereocenters. The maximum absolute atomic E-state index is 5.29. The standard InChI is InChI=1S/C12H14N2OS/c1-9(12-7-13-8-16-12)14-10-5-3-4-6-11(10)15-2/h3-9,14H,1-2H3. The molecule has 0 saturated carbocycles. The van der Waals surface area contributed by atoms with Gasteiger partial charge >= 0.3 is 0 Å². The SMILES string of the molecule is COc1ccccc1NC(C)c1cncs1. The van der Waals surface area contributed by atoms with E-state index in [2.05, 4.69) is 17.2 Å². The smallest absolute Gasteiger partial charge is 0.141 e. The van der Waals surface area contributed by atoms with Crippen LogP contribution in [0.1, 0.15) is 17.8 Å². The Hall–Kier alpha value is -1.55. The van der Waals surface area contributed by atoms with Crippen molar-refractivity contribution in [3.63, 3.8) is 0 Å². The van der Waals surface area contributed by atoms with Crippen molar-refractivity contribution in [1.29, 1.82) is 0 Å². The van der Waals surface area contributed by atoms with Gasteiger partial charge in [0.2, 0.25) is 0 Å². The Bertz CT molecular complexity index is 442. The lowest BCUT2D eigenvalue weighted by molar-refractivity contribution is 0.416. The average molecular weight is 234 g/mol. The topological polar surface area (TPSA) is 34.1 Å². The van der Waals surface area contributed by atoms with E-state index in [9.17, 15) is 0 Å². The molecular weight excluding hydrogens is 220 g/mol. The Morgan fingerprint density at radius 2 is 2.19 bits per heavy atom. The number of hydrogen-bond donors (Lipinski definition) is 1. The second-order valence-corrected chi connectivity index (χ2v) is 4.39. The molecule has 1 aromatic carbocycles. The molecule has 16 heavy (non-hydrogen) atoms. The molecule has 4 heteroatoms. The minimum Gasteiger partial charge on any atom is -0.495 e. The van der Waals surface area contributed by atoms with E-state index in [1.165, 1.54) is 4.88 Å². The third kappa shape index (κ3) is 2.33. The van der Waals surface area contributed by atoms with Gasteiger partial charge in [-0.25, -0.2) is 0 Å². The van der Waals surface area contributed by atoms with Crippen LogP contribution >= 0.6 is 11.3 Å². The summed E-state index contributed by atoms with van der Waals surface area (Å²) in [7, 11) is 1.68. The van der Waals surface area contributed by atoms with Crippen LogP contribution in [0.5, 0.6) is 5.75 Å². The number of anilines is 1. The van der Waals surface area contributed by atoms with Gasteiger partial charge in [-0.15, -0.1) is 11.3 Å². The molecule has 84 valence electrons. The second kappa shape index (κ2) is 4.99. The first-order chi connectivity index (χ1) is 7.81. The van der Waals surface area contributed by atoms with Gasteiger partial charge in [0.05, 0.1) is 24.3 Å². The molecule has 0 radical (unpaired) electrons. The normalized spacial score (nSPS) is 12.1. The van der Waals surface area contributed by atoms with E-state index in [0.29, 0.717) is 0 Å². The molecule has 2 rings (SSSR count). The lowest BCUT2D eigenvalue weighted by Crippen LogP contribution is -2.05. The number of ether oxygens (including phenoxy) is 1. The van der Waals surface area contributed by atoms with Gasteiger partial charge in [0.25, 0.3) is 0 Å². The number of thiazole rings is 1. The van der Waals surface area contributed by atoms with Gasteiger partial charge in [-0.05, 0) is 19.1 Å². The highest BCUT2D eigenvalue weighted by Gasteiger charge is 2.09. The van der Waals surface area contributed by atoms with Crippen molar-refractivity contribution < 1.29 is 4.74 Å². The van der Waals surface area contributed by atoms with Gasteiger partial charge in [0.15, 0.2) is 0 Å². The van der Waals surface area contributed by atoms with Crippen molar-refractivity contribution in [2.45, 2.75) is 13.0 Å². The molecule has 2 aromatic rings. The largest absolute Gasteiger partial charge is 0.495 e. The van der Waals surface area contributed by atoms with Crippen LogP contribution in [-0.2, 0) is 0 Å². The Kier molecular flexibility index (Phi) is 3.41. The number of rotatable bonds is 4. The number of nitrogens with zero attached hydrogens (tertiary/aromatic N) is 1. The Morgan fingerprint density at radius 1 is 1.38 bits per heavy atom. The summed E-state index contributed by atoms with van der Waals surface area (Å²) in [5.74, 6) is 0.860. The summed E-state index contributed by atoms with van der Waals surface area (Å²) in [5.41, 5.74) is 2.85. The molecule has 1 N–H and O–H groups in total. The van der Waals surface area contributed by atoms with Crippen molar-refractivity contribution in [2.24, 2.45) is 0 Å². The molecule has 1 heterocycles. The summed E-state index contributed by atoms with van der Waals surface area (Å²) in [6.07, 6.45) is 1.89. The van der Waals surface area contributed by atoms with Crippen molar-refractivity contribution in [3.05, 3.63) is 40.8 Å². The fraction of sp³-hybridized carbons (Fsp3) is 0.250. The highest BCUT2D eigenvalue weighted by atomic mass is 32.1. The van der Waals surface area contributed by atoms with E-state index in [0.717, 1.165) is 11.4 Å². The molecule has 1 unspecified atom stereocenters. The molecular formula is C12H14N2OS. The fourth-order valence-corrected chi connectivity index (χ4v) is 2.14. The van der Waals surface area contributed by atoms with Crippen LogP contribution < -0.4 is 10.1 Å². The number of para-hydroxylation sites is 2. The maximum atomic E-state index is 5.29. The van der Waals surface area contributed by atoms with Crippen LogP contribution in [-0.4, -0.2) is 12.1 Å². The molecule has 0 bridgehead atoms. The van der Waals surface area contributed by atoms with Gasteiger partial charge in [-0.1, -0.05) is 12.1 Å². The fourth-order valence-electron chi connectivity index (χ4n) is 1.51. The predicted molar refractivity (Wildman–Crippen MR) is 67.1 cm³/mol. The molecule has 1 aromatic heterocycles. The zero-order valence-electron chi connectivity index (χ0n) is 9.31. The molecule has 0 fully saturated rings. The highest BCUT2D eigenvalue weighted by molar-refractivity contribution is 7.09. The number of hydrogen-bond acceptors (Lipinski definition) is 4. The zero-order chi connectivity index (χ0) is 11.4. The van der Waals surface area contributed by atoms with Gasteiger partial charge in [0, 0.05) is 11.1 Å². The first-order valence-electron chi connectivity index (χ1n) is 5.09. The van der Waals surface area contributed by atoms with Crippen LogP contribution in [0, 0.1) is 0 Å². The lowest BCUT2D eigenvalue weighted by atomic mass is 10.2. The number of benzene rings is 1. The summed E-state index contributed by atoms with van der Waals surface area (Å²) < 4.78 is 5.29. The first kappa shape index (κ1) is 11.0. The second-order valence-electron chi connectivity index (χ2n) is 3.47. The summed E-state index contributed by atoms with van der Waals surface area (Å²) in [4.78, 5) is 5.29. The molecule has 0 saturated heterocycles. The third-order valence-electron chi connectivity index (χ3n) is 2.36. The minimum absolute atomic E-state index is 0.240. The van der Waals surface area contributed by atoms with Gasteiger partial charge < -0.3 is 10.1 Å². The maximum Gasteiger partial charge on any atom is 0.141 e. The van der Waals surface area contributed by atoms with Crippen LogP contribution in [0.3, 0.4) is 0 Å². The highest BCUT2D eigenvalue weighted by Crippen LogP contribution is 2.28. The van der Waals surface area contributed by atoms with Gasteiger partial charge in [-0.2, -0.15) is 0 Å². The Morgan fingerprint density at radius 3 is 2.88 bits per heavy atom. The van der Waals surface area contributed by atoms with E-state index in [1.807, 2.05) is 36.0 Å². The lowest BCUT2D eigenvalue weighted by Gasteiger charge is -2.15. The van der Waals surface area contributed by atoms with E-state index < -0.39 is 0 Å². The Balaban J connectivity index is 2.14. The van der Waals surface area contributed by atoms with Gasteiger partial charge in [-0.3, -0.25) is 4.98 Å². The number of nitrogens with one attached hydrogen (secondary N) is 1. The van der Waals surface area contributed by atoms with Crippen molar-refractivity contribution in [3.8, 4) is 5.75 Å². The number of aromatic nitrogens is 1. The molecule has 0 aliphatic rings. The molecule has 3 nitrogen and oxygen atoms in total. The monoisotopic (exact) mass is 234 g/mol. The van der Waals surface area contributed by atoms with Crippen LogP contribution in [0.25, 0.3) is 0 Å². The average Bonchev–Trinajstić information content (AvgIpc) is 2.83. The molecule has 0 spiro atoms. The number of methoxy groups -OCH3 is 1. The van der Waals surface area contributed by atoms with Crippen molar-refractivity contribution >= 4 is 17.0 Å². The molecule has 0 aliphatic heterocycles. The van der Waals surface area contributed by atoms with Crippen LogP contribution in [0.15, 0.2) is 36.0 Å². The molecule has 0 amide bonds. The third-order valence-corrected chi connectivity index (χ3v) is 3.32. The van der Waals surface area contributed by atoms with E-state index in [1.54, 1.807) is 18.4 Å². The molecule has 0 aliphatic carbocycles. The van der Waals surface area contributed by atoms with E-state index in [-0.39, 0.29) is 6.04 Å². The minimum atomic E-state index is 0.240. The zero-order valence-corrected chi connectivity index (χ0v) is 10.1. The van der Waals surface area contributed by atoms with Crippen molar-refractivity contribution in [1.82, 2.24) is 4.98 Å². The predicted octanol–water partition coefficient (Wildman–Crippen LogP) is 3.32. The summed E-state index contributed by atoms with van der Waals surface area (Å²) in [6.45, 7) is 2.11. The van der Waals surface area contributed by atoms with E-state index in [4.69, 9.17) is 4.74 Å². The Labute approximate surface area is 99.1 Å². The van der Waals surface area contributed by atoms with Crippen LogP contribution in [0.2, 0.25) is 0 Å². The first-order valence-corrected chi connectivity index (χ1v) is 5.97. The quantitative estimate of drug-likeness (QED) is 0.881. The van der Waals surface area contributed by atoms with Crippen molar-refractivity contribution in [2.75, 3.05) is 12.4 Å². The van der Waals surface area contributed by atoms with Crippen LogP contribution in [0.4, 0.5) is 5.69 Å². The summed E-state index contributed by atoms with van der Waals surface area (Å²) in [6, 6.07) is 8.15. The summed E-state index contributed by atoms with van der Waals surface area (Å²) in [5, 5.41) is 3.41. The van der Waals surface area contributed by atoms with E-state index >= 15 is 0 Å². The summed E-state index contributed by atoms with van der Waals surface area (Å²) >= 11 is 1.65.